The second-order valence-electron chi connectivity index (χ2n) is 7.48. The average molecular weight is 423 g/mol. The zero-order valence-corrected chi connectivity index (χ0v) is 17.7. The third kappa shape index (κ3) is 6.75. The van der Waals surface area contributed by atoms with Crippen molar-refractivity contribution in [2.24, 2.45) is 5.92 Å². The van der Waals surface area contributed by atoms with Gasteiger partial charge in [-0.25, -0.2) is 0 Å². The van der Waals surface area contributed by atoms with Crippen LogP contribution in [0.5, 0.6) is 0 Å². The van der Waals surface area contributed by atoms with Crippen molar-refractivity contribution < 1.29 is 24.6 Å². The van der Waals surface area contributed by atoms with Crippen molar-refractivity contribution in [3.05, 3.63) is 35.9 Å². The molecule has 0 radical (unpaired) electrons. The normalized spacial score (nSPS) is 22.0. The molecule has 1 aromatic carbocycles. The molecule has 1 heterocycles. The minimum Gasteiger partial charge on any atom is -0.480 e. The van der Waals surface area contributed by atoms with Crippen LogP contribution in [0.2, 0.25) is 0 Å². The molecule has 2 rings (SSSR count). The van der Waals surface area contributed by atoms with E-state index in [0.29, 0.717) is 24.3 Å². The molecule has 4 unspecified atom stereocenters. The number of nitrogens with one attached hydrogen (secondary N) is 1. The Balaban J connectivity index is 2.12. The highest BCUT2D eigenvalue weighted by Gasteiger charge is 2.37. The van der Waals surface area contributed by atoms with Crippen LogP contribution in [0, 0.1) is 5.92 Å². The molecular weight excluding hydrogens is 392 g/mol. The van der Waals surface area contributed by atoms with Gasteiger partial charge < -0.3 is 15.1 Å². The molecule has 4 atom stereocenters. The number of amides is 1. The number of rotatable bonds is 10. The van der Waals surface area contributed by atoms with Gasteiger partial charge in [-0.2, -0.15) is 11.8 Å². The second-order valence-corrected chi connectivity index (χ2v) is 8.56. The van der Waals surface area contributed by atoms with Crippen LogP contribution in [-0.4, -0.2) is 69.1 Å². The molecule has 0 aliphatic carbocycles. The lowest BCUT2D eigenvalue weighted by molar-refractivity contribution is -0.148. The van der Waals surface area contributed by atoms with Crippen LogP contribution in [0.15, 0.2) is 30.3 Å². The third-order valence-electron chi connectivity index (χ3n) is 5.43. The lowest BCUT2D eigenvalue weighted by Gasteiger charge is -2.34. The summed E-state index contributed by atoms with van der Waals surface area (Å²) in [6.07, 6.45) is 1.76. The van der Waals surface area contributed by atoms with Gasteiger partial charge in [-0.05, 0) is 24.3 Å². The van der Waals surface area contributed by atoms with Crippen LogP contribution in [0.1, 0.15) is 32.3 Å². The van der Waals surface area contributed by atoms with E-state index in [1.165, 1.54) is 4.90 Å². The maximum Gasteiger partial charge on any atom is 0.323 e. The topological polar surface area (TPSA) is 107 Å². The van der Waals surface area contributed by atoms with E-state index in [4.69, 9.17) is 0 Å². The largest absolute Gasteiger partial charge is 0.480 e. The Kier molecular flexibility index (Phi) is 8.98. The van der Waals surface area contributed by atoms with Crippen molar-refractivity contribution in [3.8, 4) is 0 Å². The van der Waals surface area contributed by atoms with E-state index in [0.717, 1.165) is 12.0 Å². The number of hydrogen-bond acceptors (Lipinski definition) is 5. The van der Waals surface area contributed by atoms with Gasteiger partial charge in [0, 0.05) is 17.5 Å². The highest BCUT2D eigenvalue weighted by molar-refractivity contribution is 7.99. The van der Waals surface area contributed by atoms with Gasteiger partial charge >= 0.3 is 11.9 Å². The van der Waals surface area contributed by atoms with E-state index < -0.39 is 24.0 Å². The van der Waals surface area contributed by atoms with Crippen LogP contribution >= 0.6 is 11.8 Å². The van der Waals surface area contributed by atoms with Gasteiger partial charge in [0.1, 0.15) is 12.6 Å². The average Bonchev–Trinajstić information content (AvgIpc) is 2.84. The summed E-state index contributed by atoms with van der Waals surface area (Å²) in [7, 11) is 0. The summed E-state index contributed by atoms with van der Waals surface area (Å²) in [4.78, 5) is 37.7. The van der Waals surface area contributed by atoms with E-state index in [2.05, 4.69) is 5.32 Å². The number of carbonyl (C=O) groups is 3. The first-order valence-corrected chi connectivity index (χ1v) is 11.1. The van der Waals surface area contributed by atoms with Crippen molar-refractivity contribution in [2.45, 2.75) is 51.2 Å². The lowest BCUT2D eigenvalue weighted by atomic mass is 9.98. The van der Waals surface area contributed by atoms with Gasteiger partial charge in [0.05, 0.1) is 6.04 Å². The molecule has 7 nitrogen and oxygen atoms in total. The van der Waals surface area contributed by atoms with Crippen molar-refractivity contribution in [1.29, 1.82) is 0 Å². The third-order valence-corrected chi connectivity index (χ3v) is 6.57. The van der Waals surface area contributed by atoms with Crippen molar-refractivity contribution in [2.75, 3.05) is 18.1 Å². The monoisotopic (exact) mass is 422 g/mol. The predicted octanol–water partition coefficient (Wildman–Crippen LogP) is 2.11. The summed E-state index contributed by atoms with van der Waals surface area (Å²) >= 11 is 1.57. The predicted molar refractivity (Wildman–Crippen MR) is 113 cm³/mol. The van der Waals surface area contributed by atoms with Gasteiger partial charge in [0.25, 0.3) is 0 Å². The van der Waals surface area contributed by atoms with E-state index in [1.54, 1.807) is 11.8 Å². The number of nitrogens with zero attached hydrogens (tertiary/aromatic N) is 1. The molecule has 8 heteroatoms. The fraction of sp³-hybridized carbons (Fsp3) is 0.571. The summed E-state index contributed by atoms with van der Waals surface area (Å²) in [5, 5.41) is 21.9. The number of carbonyl (C=O) groups excluding carboxylic acids is 1. The SMILES string of the molecule is CCC(C)C1CSCC(NC(CCc2ccccc2)C(=O)O)C(=O)N1CC(=O)O. The van der Waals surface area contributed by atoms with Crippen LogP contribution in [0.25, 0.3) is 0 Å². The molecule has 0 saturated carbocycles. The van der Waals surface area contributed by atoms with Gasteiger partial charge in [-0.15, -0.1) is 0 Å². The van der Waals surface area contributed by atoms with Crippen LogP contribution in [-0.2, 0) is 20.8 Å². The summed E-state index contributed by atoms with van der Waals surface area (Å²) in [5.74, 6) is -1.15. The first kappa shape index (κ1) is 23.2. The highest BCUT2D eigenvalue weighted by atomic mass is 32.2. The molecule has 0 bridgehead atoms. The van der Waals surface area contributed by atoms with Crippen LogP contribution < -0.4 is 5.32 Å². The molecule has 1 aliphatic rings. The Morgan fingerprint density at radius 2 is 1.93 bits per heavy atom. The minimum atomic E-state index is -1.06. The number of aliphatic carboxylic acids is 2. The fourth-order valence-corrected chi connectivity index (χ4v) is 4.87. The fourth-order valence-electron chi connectivity index (χ4n) is 3.51. The Morgan fingerprint density at radius 1 is 1.24 bits per heavy atom. The summed E-state index contributed by atoms with van der Waals surface area (Å²) in [5.41, 5.74) is 1.03. The van der Waals surface area contributed by atoms with Gasteiger partial charge in [-0.3, -0.25) is 19.7 Å². The number of carboxylic acids is 2. The second kappa shape index (κ2) is 11.2. The quantitative estimate of drug-likeness (QED) is 0.530. The van der Waals surface area contributed by atoms with Crippen molar-refractivity contribution in [3.63, 3.8) is 0 Å². The number of carboxylic acid groups (broad SMARTS) is 2. The molecule has 1 saturated heterocycles. The molecular formula is C21H30N2O5S. The minimum absolute atomic E-state index is 0.165. The molecule has 1 fully saturated rings. The summed E-state index contributed by atoms with van der Waals surface area (Å²) in [6.45, 7) is 3.67. The maximum atomic E-state index is 13.1. The Hall–Kier alpha value is -2.06. The number of thioether (sulfide) groups is 1. The first-order valence-electron chi connectivity index (χ1n) is 9.96. The number of benzene rings is 1. The molecule has 1 aromatic rings. The van der Waals surface area contributed by atoms with Gasteiger partial charge in [-0.1, -0.05) is 50.6 Å². The van der Waals surface area contributed by atoms with Gasteiger partial charge in [0.15, 0.2) is 0 Å². The van der Waals surface area contributed by atoms with Crippen LogP contribution in [0.4, 0.5) is 0 Å². The molecule has 29 heavy (non-hydrogen) atoms. The Bertz CT molecular complexity index is 700. The van der Waals surface area contributed by atoms with E-state index in [1.807, 2.05) is 44.2 Å². The van der Waals surface area contributed by atoms with E-state index >= 15 is 0 Å². The van der Waals surface area contributed by atoms with Gasteiger partial charge in [0.2, 0.25) is 5.91 Å². The Morgan fingerprint density at radius 3 is 2.52 bits per heavy atom. The number of hydrogen-bond donors (Lipinski definition) is 3. The molecule has 3 N–H and O–H groups in total. The van der Waals surface area contributed by atoms with E-state index in [9.17, 15) is 24.6 Å². The van der Waals surface area contributed by atoms with Crippen LogP contribution in [0.3, 0.4) is 0 Å². The zero-order chi connectivity index (χ0) is 21.4. The Labute approximate surface area is 175 Å². The van der Waals surface area contributed by atoms with E-state index in [-0.39, 0.29) is 24.4 Å². The highest BCUT2D eigenvalue weighted by Crippen LogP contribution is 2.25. The first-order chi connectivity index (χ1) is 13.8. The standard InChI is InChI=1S/C21H30N2O5S/c1-3-14(2)18-13-29-12-17(20(26)23(18)11-19(24)25)22-16(21(27)28)10-9-15-7-5-4-6-8-15/h4-8,14,16-18,22H,3,9-13H2,1-2H3,(H,24,25)(H,27,28). The smallest absolute Gasteiger partial charge is 0.323 e. The van der Waals surface area contributed by atoms with Crippen molar-refractivity contribution in [1.82, 2.24) is 10.2 Å². The number of aryl methyl sites for hydroxylation is 1. The van der Waals surface area contributed by atoms with Crippen molar-refractivity contribution >= 4 is 29.6 Å². The summed E-state index contributed by atoms with van der Waals surface area (Å²) < 4.78 is 0. The summed E-state index contributed by atoms with van der Waals surface area (Å²) in [6, 6.07) is 7.83. The molecule has 1 aliphatic heterocycles. The molecule has 0 aromatic heterocycles. The maximum absolute atomic E-state index is 13.1. The molecule has 160 valence electrons. The molecule has 0 spiro atoms. The molecule has 1 amide bonds. The zero-order valence-electron chi connectivity index (χ0n) is 16.9. The lowest BCUT2D eigenvalue weighted by Crippen LogP contribution is -2.56.